The van der Waals surface area contributed by atoms with Gasteiger partial charge in [0.2, 0.25) is 11.8 Å². The van der Waals surface area contributed by atoms with E-state index < -0.39 is 0 Å². The second kappa shape index (κ2) is 11.9. The van der Waals surface area contributed by atoms with Crippen LogP contribution in [0.2, 0.25) is 0 Å². The van der Waals surface area contributed by atoms with E-state index in [9.17, 15) is 9.59 Å². The summed E-state index contributed by atoms with van der Waals surface area (Å²) in [6, 6.07) is 15.0. The molecule has 2 fully saturated rings. The highest BCUT2D eigenvalue weighted by molar-refractivity contribution is 5.95. The molecule has 1 saturated heterocycles. The maximum Gasteiger partial charge on any atom is 0.246 e. The van der Waals surface area contributed by atoms with Crippen molar-refractivity contribution in [3.05, 3.63) is 60.2 Å². The van der Waals surface area contributed by atoms with E-state index in [1.807, 2.05) is 53.4 Å². The maximum absolute atomic E-state index is 13.5. The van der Waals surface area contributed by atoms with Gasteiger partial charge in [0.15, 0.2) is 0 Å². The molecular formula is C28H35N3O4. The number of nitrogens with zero attached hydrogens (tertiary/aromatic N) is 2. The van der Waals surface area contributed by atoms with Crippen LogP contribution in [0.1, 0.15) is 31.2 Å². The number of benzene rings is 2. The van der Waals surface area contributed by atoms with Gasteiger partial charge < -0.3 is 19.7 Å². The molecule has 7 heteroatoms. The van der Waals surface area contributed by atoms with E-state index in [4.69, 9.17) is 9.47 Å². The standard InChI is InChI=1S/C28H35N3O4/c1-34-24-18-23(19-25(20-24)35-2)29-28(33)27(22-10-6-7-11-22)31-16-14-30(15-17-31)26(32)13-12-21-8-4-3-5-9-21/h3-5,8-9,12-13,18-20,22,27H,6-7,10-11,14-17H2,1-2H3,(H,29,33)/b13-12+. The first-order valence-corrected chi connectivity index (χ1v) is 12.4. The Labute approximate surface area is 207 Å². The molecule has 0 bridgehead atoms. The van der Waals surface area contributed by atoms with Crippen molar-refractivity contribution in [2.24, 2.45) is 5.92 Å². The number of hydrogen-bond donors (Lipinski definition) is 1. The summed E-state index contributed by atoms with van der Waals surface area (Å²) in [5, 5.41) is 3.11. The second-order valence-electron chi connectivity index (χ2n) is 9.19. The molecule has 1 unspecified atom stereocenters. The van der Waals surface area contributed by atoms with Gasteiger partial charge in [0.1, 0.15) is 11.5 Å². The molecule has 2 amide bonds. The lowest BCUT2D eigenvalue weighted by Gasteiger charge is -2.40. The summed E-state index contributed by atoms with van der Waals surface area (Å²) in [5.41, 5.74) is 1.67. The third kappa shape index (κ3) is 6.42. The molecule has 1 saturated carbocycles. The van der Waals surface area contributed by atoms with Gasteiger partial charge in [-0.1, -0.05) is 43.2 Å². The Morgan fingerprint density at radius 2 is 1.57 bits per heavy atom. The molecule has 0 radical (unpaired) electrons. The predicted molar refractivity (Wildman–Crippen MR) is 138 cm³/mol. The molecule has 2 aromatic carbocycles. The van der Waals surface area contributed by atoms with Crippen LogP contribution < -0.4 is 14.8 Å². The monoisotopic (exact) mass is 477 g/mol. The minimum Gasteiger partial charge on any atom is -0.497 e. The van der Waals surface area contributed by atoms with E-state index in [0.717, 1.165) is 31.2 Å². The van der Waals surface area contributed by atoms with Crippen LogP contribution in [-0.2, 0) is 9.59 Å². The number of carbonyl (C=O) groups is 2. The Hall–Kier alpha value is -3.32. The average Bonchev–Trinajstić information content (AvgIpc) is 3.42. The SMILES string of the molecule is COc1cc(NC(=O)C(C2CCCC2)N2CCN(C(=O)/C=C/c3ccccc3)CC2)cc(OC)c1. The lowest BCUT2D eigenvalue weighted by molar-refractivity contribution is -0.129. The third-order valence-electron chi connectivity index (χ3n) is 6.97. The molecule has 1 aliphatic carbocycles. The molecule has 0 aromatic heterocycles. The van der Waals surface area contributed by atoms with E-state index in [-0.39, 0.29) is 17.9 Å². The molecular weight excluding hydrogens is 442 g/mol. The molecule has 1 heterocycles. The minimum absolute atomic E-state index is 0.00374. The number of piperazine rings is 1. The molecule has 2 aromatic rings. The first kappa shape index (κ1) is 24.8. The van der Waals surface area contributed by atoms with E-state index in [1.165, 1.54) is 0 Å². The lowest BCUT2D eigenvalue weighted by atomic mass is 9.94. The smallest absolute Gasteiger partial charge is 0.246 e. The predicted octanol–water partition coefficient (Wildman–Crippen LogP) is 4.06. The zero-order chi connectivity index (χ0) is 24.6. The first-order chi connectivity index (χ1) is 17.1. The number of methoxy groups -OCH3 is 2. The molecule has 1 atom stereocenters. The molecule has 186 valence electrons. The quantitative estimate of drug-likeness (QED) is 0.581. The highest BCUT2D eigenvalue weighted by atomic mass is 16.5. The van der Waals surface area contributed by atoms with Crippen molar-refractivity contribution in [3.63, 3.8) is 0 Å². The normalized spacial score (nSPS) is 17.9. The number of nitrogens with one attached hydrogen (secondary N) is 1. The maximum atomic E-state index is 13.5. The summed E-state index contributed by atoms with van der Waals surface area (Å²) in [7, 11) is 3.19. The zero-order valence-electron chi connectivity index (χ0n) is 20.6. The molecule has 2 aliphatic rings. The summed E-state index contributed by atoms with van der Waals surface area (Å²) in [6.07, 6.45) is 7.92. The zero-order valence-corrected chi connectivity index (χ0v) is 20.6. The highest BCUT2D eigenvalue weighted by Gasteiger charge is 2.37. The second-order valence-corrected chi connectivity index (χ2v) is 9.19. The fraction of sp³-hybridized carbons (Fsp3) is 0.429. The van der Waals surface area contributed by atoms with Crippen molar-refractivity contribution in [2.75, 3.05) is 45.7 Å². The van der Waals surface area contributed by atoms with Crippen LogP contribution >= 0.6 is 0 Å². The fourth-order valence-corrected chi connectivity index (χ4v) is 5.10. The number of hydrogen-bond acceptors (Lipinski definition) is 5. The van der Waals surface area contributed by atoms with Crippen molar-refractivity contribution in [3.8, 4) is 11.5 Å². The Morgan fingerprint density at radius 1 is 0.943 bits per heavy atom. The third-order valence-corrected chi connectivity index (χ3v) is 6.97. The highest BCUT2D eigenvalue weighted by Crippen LogP contribution is 2.32. The van der Waals surface area contributed by atoms with Gasteiger partial charge in [0.25, 0.3) is 0 Å². The number of amides is 2. The summed E-state index contributed by atoms with van der Waals surface area (Å²) in [4.78, 5) is 30.4. The van der Waals surface area contributed by atoms with Crippen LogP contribution in [0.5, 0.6) is 11.5 Å². The molecule has 1 aliphatic heterocycles. The largest absolute Gasteiger partial charge is 0.497 e. The van der Waals surface area contributed by atoms with Gasteiger partial charge in [-0.3, -0.25) is 14.5 Å². The van der Waals surface area contributed by atoms with Crippen LogP contribution in [0.3, 0.4) is 0 Å². The van der Waals surface area contributed by atoms with E-state index in [0.29, 0.717) is 49.3 Å². The van der Waals surface area contributed by atoms with Crippen LogP contribution in [0.4, 0.5) is 5.69 Å². The molecule has 0 spiro atoms. The van der Waals surface area contributed by atoms with Gasteiger partial charge in [-0.2, -0.15) is 0 Å². The molecule has 35 heavy (non-hydrogen) atoms. The van der Waals surface area contributed by atoms with Crippen molar-refractivity contribution in [1.82, 2.24) is 9.80 Å². The number of rotatable bonds is 8. The Bertz CT molecular complexity index is 1000. The van der Waals surface area contributed by atoms with Gasteiger partial charge in [0.05, 0.1) is 20.3 Å². The van der Waals surface area contributed by atoms with Crippen molar-refractivity contribution < 1.29 is 19.1 Å². The van der Waals surface area contributed by atoms with Crippen molar-refractivity contribution in [2.45, 2.75) is 31.7 Å². The minimum atomic E-state index is -0.216. The van der Waals surface area contributed by atoms with Gasteiger partial charge in [-0.05, 0) is 30.4 Å². The van der Waals surface area contributed by atoms with Gasteiger partial charge >= 0.3 is 0 Å². The fourth-order valence-electron chi connectivity index (χ4n) is 5.10. The number of carbonyl (C=O) groups excluding carboxylic acids is 2. The van der Waals surface area contributed by atoms with Gasteiger partial charge in [0, 0.05) is 56.1 Å². The lowest BCUT2D eigenvalue weighted by Crippen LogP contribution is -2.56. The number of ether oxygens (including phenoxy) is 2. The topological polar surface area (TPSA) is 71.1 Å². The van der Waals surface area contributed by atoms with Crippen molar-refractivity contribution >= 4 is 23.6 Å². The van der Waals surface area contributed by atoms with E-state index >= 15 is 0 Å². The van der Waals surface area contributed by atoms with Gasteiger partial charge in [-0.15, -0.1) is 0 Å². The van der Waals surface area contributed by atoms with Crippen LogP contribution in [0.15, 0.2) is 54.6 Å². The van der Waals surface area contributed by atoms with Crippen molar-refractivity contribution in [1.29, 1.82) is 0 Å². The molecule has 7 nitrogen and oxygen atoms in total. The molecule has 4 rings (SSSR count). The van der Waals surface area contributed by atoms with Crippen LogP contribution in [0, 0.1) is 5.92 Å². The summed E-state index contributed by atoms with van der Waals surface area (Å²) >= 11 is 0. The van der Waals surface area contributed by atoms with E-state index in [2.05, 4.69) is 10.2 Å². The summed E-state index contributed by atoms with van der Waals surface area (Å²) < 4.78 is 10.7. The summed E-state index contributed by atoms with van der Waals surface area (Å²) in [6.45, 7) is 2.59. The number of anilines is 1. The Kier molecular flexibility index (Phi) is 8.42. The average molecular weight is 478 g/mol. The first-order valence-electron chi connectivity index (χ1n) is 12.4. The van der Waals surface area contributed by atoms with Crippen LogP contribution in [-0.4, -0.2) is 68.1 Å². The summed E-state index contributed by atoms with van der Waals surface area (Å²) in [5.74, 6) is 1.60. The van der Waals surface area contributed by atoms with Crippen LogP contribution in [0.25, 0.3) is 6.08 Å². The Balaban J connectivity index is 1.41. The van der Waals surface area contributed by atoms with Gasteiger partial charge in [-0.25, -0.2) is 0 Å². The van der Waals surface area contributed by atoms with E-state index in [1.54, 1.807) is 26.4 Å². The molecule has 1 N–H and O–H groups in total. The Morgan fingerprint density at radius 3 is 2.17 bits per heavy atom.